The molecule has 1 atom stereocenters. The van der Waals surface area contributed by atoms with Crippen LogP contribution in [0.2, 0.25) is 0 Å². The highest BCUT2D eigenvalue weighted by Gasteiger charge is 2.12. The molecule has 0 saturated heterocycles. The van der Waals surface area contributed by atoms with Crippen molar-refractivity contribution in [2.75, 3.05) is 6.54 Å². The van der Waals surface area contributed by atoms with Gasteiger partial charge < -0.3 is 19.6 Å². The Hall–Kier alpha value is -2.61. The van der Waals surface area contributed by atoms with Crippen molar-refractivity contribution in [1.29, 1.82) is 0 Å². The number of furan rings is 1. The standard InChI is InChI=1S/C19H26N6OS/c1-3-16(17-8-6-12-27-17)23-19(21-13-15-7-5-11-26-15)20-9-10-25-14-22-24-18(25)4-2/h5-8,11-12,14,16H,3-4,9-10,13H2,1-2H3,(H2,20,21,23). The van der Waals surface area contributed by atoms with Gasteiger partial charge in [0.15, 0.2) is 5.96 Å². The molecule has 1 unspecified atom stereocenters. The van der Waals surface area contributed by atoms with E-state index >= 15 is 0 Å². The maximum Gasteiger partial charge on any atom is 0.192 e. The van der Waals surface area contributed by atoms with Crippen molar-refractivity contribution >= 4 is 17.3 Å². The molecule has 3 rings (SSSR count). The SMILES string of the molecule is CCc1nncn1CCNC(=NCc1ccco1)NC(CC)c1cccs1. The monoisotopic (exact) mass is 386 g/mol. The zero-order chi connectivity index (χ0) is 18.9. The molecule has 7 nitrogen and oxygen atoms in total. The summed E-state index contributed by atoms with van der Waals surface area (Å²) in [4.78, 5) is 5.99. The van der Waals surface area contributed by atoms with Gasteiger partial charge in [0.2, 0.25) is 0 Å². The van der Waals surface area contributed by atoms with Crippen LogP contribution in [0.5, 0.6) is 0 Å². The van der Waals surface area contributed by atoms with E-state index in [4.69, 9.17) is 9.41 Å². The van der Waals surface area contributed by atoms with E-state index < -0.39 is 0 Å². The second-order valence-corrected chi connectivity index (χ2v) is 7.06. The topological polar surface area (TPSA) is 80.3 Å². The summed E-state index contributed by atoms with van der Waals surface area (Å²) in [5.41, 5.74) is 0. The molecule has 0 aliphatic heterocycles. The van der Waals surface area contributed by atoms with E-state index in [1.165, 1.54) is 4.88 Å². The van der Waals surface area contributed by atoms with Gasteiger partial charge in [-0.05, 0) is 30.0 Å². The lowest BCUT2D eigenvalue weighted by atomic mass is 10.2. The molecule has 3 aromatic heterocycles. The molecule has 0 bridgehead atoms. The second-order valence-electron chi connectivity index (χ2n) is 6.09. The van der Waals surface area contributed by atoms with Crippen LogP contribution >= 0.6 is 11.3 Å². The number of aromatic nitrogens is 3. The minimum atomic E-state index is 0.231. The summed E-state index contributed by atoms with van der Waals surface area (Å²) >= 11 is 1.76. The highest BCUT2D eigenvalue weighted by atomic mass is 32.1. The van der Waals surface area contributed by atoms with E-state index in [1.54, 1.807) is 23.9 Å². The number of aryl methyl sites for hydroxylation is 1. The summed E-state index contributed by atoms with van der Waals surface area (Å²) in [5, 5.41) is 17.2. The number of hydrogen-bond donors (Lipinski definition) is 2. The molecule has 0 fully saturated rings. The highest BCUT2D eigenvalue weighted by molar-refractivity contribution is 7.10. The predicted molar refractivity (Wildman–Crippen MR) is 108 cm³/mol. The fourth-order valence-corrected chi connectivity index (χ4v) is 3.64. The molecule has 3 aromatic rings. The van der Waals surface area contributed by atoms with E-state index in [0.717, 1.165) is 43.5 Å². The fourth-order valence-electron chi connectivity index (χ4n) is 2.78. The Morgan fingerprint density at radius 3 is 2.96 bits per heavy atom. The Labute approximate surface area is 163 Å². The molecule has 0 saturated carbocycles. The molecule has 0 spiro atoms. The van der Waals surface area contributed by atoms with E-state index in [0.29, 0.717) is 6.54 Å². The third kappa shape index (κ3) is 5.43. The summed E-state index contributed by atoms with van der Waals surface area (Å²) in [5.74, 6) is 2.61. The van der Waals surface area contributed by atoms with Gasteiger partial charge in [-0.3, -0.25) is 0 Å². The lowest BCUT2D eigenvalue weighted by Gasteiger charge is -2.20. The molecule has 3 heterocycles. The molecule has 0 amide bonds. The first-order valence-corrected chi connectivity index (χ1v) is 10.2. The number of rotatable bonds is 9. The second kappa shape index (κ2) is 9.91. The van der Waals surface area contributed by atoms with E-state index in [1.807, 2.05) is 12.1 Å². The lowest BCUT2D eigenvalue weighted by Crippen LogP contribution is -2.40. The van der Waals surface area contributed by atoms with Crippen molar-refractivity contribution in [1.82, 2.24) is 25.4 Å². The highest BCUT2D eigenvalue weighted by Crippen LogP contribution is 2.21. The molecule has 0 aliphatic carbocycles. The average molecular weight is 387 g/mol. The van der Waals surface area contributed by atoms with Crippen molar-refractivity contribution < 1.29 is 4.42 Å². The molecular formula is C19H26N6OS. The number of thiophene rings is 1. The number of guanidine groups is 1. The number of aliphatic imine (C=N–C) groups is 1. The van der Waals surface area contributed by atoms with Gasteiger partial charge in [-0.2, -0.15) is 0 Å². The first kappa shape index (κ1) is 19.2. The molecule has 27 heavy (non-hydrogen) atoms. The van der Waals surface area contributed by atoms with Crippen LogP contribution in [0.3, 0.4) is 0 Å². The van der Waals surface area contributed by atoms with Crippen LogP contribution in [-0.2, 0) is 19.5 Å². The minimum Gasteiger partial charge on any atom is -0.467 e. The Balaban J connectivity index is 1.64. The van der Waals surface area contributed by atoms with E-state index in [-0.39, 0.29) is 6.04 Å². The minimum absolute atomic E-state index is 0.231. The van der Waals surface area contributed by atoms with Crippen LogP contribution in [-0.4, -0.2) is 27.3 Å². The molecule has 0 aliphatic rings. The molecule has 8 heteroatoms. The van der Waals surface area contributed by atoms with Crippen molar-refractivity contribution in [3.05, 3.63) is 58.7 Å². The Morgan fingerprint density at radius 1 is 1.33 bits per heavy atom. The van der Waals surface area contributed by atoms with E-state index in [2.05, 4.69) is 56.8 Å². The van der Waals surface area contributed by atoms with Crippen LogP contribution in [0.25, 0.3) is 0 Å². The smallest absolute Gasteiger partial charge is 0.192 e. The van der Waals surface area contributed by atoms with Gasteiger partial charge in [-0.15, -0.1) is 21.5 Å². The maximum absolute atomic E-state index is 5.40. The van der Waals surface area contributed by atoms with Gasteiger partial charge in [-0.1, -0.05) is 19.9 Å². The Morgan fingerprint density at radius 2 is 2.26 bits per heavy atom. The normalized spacial score (nSPS) is 12.9. The van der Waals surface area contributed by atoms with Crippen molar-refractivity contribution in [3.63, 3.8) is 0 Å². The van der Waals surface area contributed by atoms with Gasteiger partial charge in [-0.25, -0.2) is 4.99 Å². The van der Waals surface area contributed by atoms with E-state index in [9.17, 15) is 0 Å². The number of nitrogens with one attached hydrogen (secondary N) is 2. The number of hydrogen-bond acceptors (Lipinski definition) is 5. The Kier molecular flexibility index (Phi) is 7.04. The number of nitrogens with zero attached hydrogens (tertiary/aromatic N) is 4. The summed E-state index contributed by atoms with van der Waals surface area (Å²) in [6, 6.07) is 8.28. The van der Waals surface area contributed by atoms with Gasteiger partial charge in [0, 0.05) is 24.4 Å². The quantitative estimate of drug-likeness (QED) is 0.435. The van der Waals surface area contributed by atoms with Crippen molar-refractivity contribution in [3.8, 4) is 0 Å². The Bertz CT molecular complexity index is 809. The van der Waals surface area contributed by atoms with Crippen LogP contribution in [0.15, 0.2) is 51.6 Å². The first-order chi connectivity index (χ1) is 13.3. The molecule has 144 valence electrons. The summed E-state index contributed by atoms with van der Waals surface area (Å²) in [7, 11) is 0. The van der Waals surface area contributed by atoms with Gasteiger partial charge >= 0.3 is 0 Å². The summed E-state index contributed by atoms with van der Waals surface area (Å²) in [6.07, 6.45) is 5.29. The van der Waals surface area contributed by atoms with Crippen LogP contribution in [0.4, 0.5) is 0 Å². The van der Waals surface area contributed by atoms with Gasteiger partial charge in [0.1, 0.15) is 24.5 Å². The maximum atomic E-state index is 5.40. The summed E-state index contributed by atoms with van der Waals surface area (Å²) < 4.78 is 7.46. The third-order valence-electron chi connectivity index (χ3n) is 4.24. The average Bonchev–Trinajstić information content (AvgIpc) is 3.45. The molecule has 0 aromatic carbocycles. The third-order valence-corrected chi connectivity index (χ3v) is 5.22. The zero-order valence-corrected chi connectivity index (χ0v) is 16.6. The van der Waals surface area contributed by atoms with Crippen LogP contribution < -0.4 is 10.6 Å². The van der Waals surface area contributed by atoms with Crippen molar-refractivity contribution in [2.45, 2.75) is 45.8 Å². The lowest BCUT2D eigenvalue weighted by molar-refractivity contribution is 0.510. The molecule has 2 N–H and O–H groups in total. The molecule has 0 radical (unpaired) electrons. The zero-order valence-electron chi connectivity index (χ0n) is 15.8. The molecular weight excluding hydrogens is 360 g/mol. The van der Waals surface area contributed by atoms with Crippen LogP contribution in [0, 0.1) is 0 Å². The van der Waals surface area contributed by atoms with Crippen LogP contribution in [0.1, 0.15) is 42.8 Å². The predicted octanol–water partition coefficient (Wildman–Crippen LogP) is 3.38. The van der Waals surface area contributed by atoms with Crippen molar-refractivity contribution in [2.24, 2.45) is 4.99 Å². The first-order valence-electron chi connectivity index (χ1n) is 9.27. The summed E-state index contributed by atoms with van der Waals surface area (Å²) in [6.45, 7) is 6.27. The van der Waals surface area contributed by atoms with Gasteiger partial charge in [0.25, 0.3) is 0 Å². The van der Waals surface area contributed by atoms with Gasteiger partial charge in [0.05, 0.1) is 12.3 Å². The fraction of sp³-hybridized carbons (Fsp3) is 0.421. The largest absolute Gasteiger partial charge is 0.467 e.